The number of hydrogen-bond acceptors (Lipinski definition) is 10. The summed E-state index contributed by atoms with van der Waals surface area (Å²) in [6.07, 6.45) is 0.0376. The smallest absolute Gasteiger partial charge is 0.210 e. The number of aliphatic hydroxyl groups excluding tert-OH is 2. The number of benzene rings is 1. The first-order chi connectivity index (χ1) is 15.0. The molecule has 0 aromatic heterocycles. The highest BCUT2D eigenvalue weighted by Crippen LogP contribution is 2.51. The maximum absolute atomic E-state index is 13.5. The number of Topliss-reactive ketones (excluding diaryl/α,β-unsaturated/α-hetero) is 3. The fourth-order valence-corrected chi connectivity index (χ4v) is 5.11. The fraction of sp³-hybridized carbons (Fsp3) is 0.364. The average molecular weight is 442 g/mol. The van der Waals surface area contributed by atoms with E-state index in [0.717, 1.165) is 6.92 Å². The maximum Gasteiger partial charge on any atom is 0.210 e. The molecule has 168 valence electrons. The number of nitrogens with zero attached hydrogens (tertiary/aromatic N) is 2. The highest BCUT2D eigenvalue weighted by Gasteiger charge is 2.64. The molecule has 3 aliphatic carbocycles. The molecule has 1 aromatic rings. The number of aromatic hydroxyl groups is 1. The average Bonchev–Trinajstić information content (AvgIpc) is 2.70. The molecule has 1 fully saturated rings. The van der Waals surface area contributed by atoms with Crippen molar-refractivity contribution in [1.29, 1.82) is 0 Å². The number of ketones is 3. The number of aliphatic hydroxyl groups is 3. The Morgan fingerprint density at radius 3 is 2.34 bits per heavy atom. The van der Waals surface area contributed by atoms with E-state index in [9.17, 15) is 40.0 Å². The van der Waals surface area contributed by atoms with Crippen molar-refractivity contribution in [2.75, 3.05) is 19.0 Å². The van der Waals surface area contributed by atoms with Gasteiger partial charge in [0.05, 0.1) is 11.5 Å². The Morgan fingerprint density at radius 1 is 1.12 bits per heavy atom. The Hall–Kier alpha value is -3.66. The van der Waals surface area contributed by atoms with E-state index < -0.39 is 57.6 Å². The molecule has 0 heterocycles. The minimum Gasteiger partial charge on any atom is -0.507 e. The zero-order valence-corrected chi connectivity index (χ0v) is 17.6. The van der Waals surface area contributed by atoms with Gasteiger partial charge >= 0.3 is 0 Å². The van der Waals surface area contributed by atoms with Crippen LogP contribution in [0.5, 0.6) is 5.75 Å². The van der Waals surface area contributed by atoms with Gasteiger partial charge in [-0.15, -0.1) is 0 Å². The SMILES string of the molecule is CC(=O)C1=C(O)/C(=N\O)C2CC3Cc4c(N(C)C)ccc(O)c4C(O)=C3C(=O)[C@]2(O)C1=O. The van der Waals surface area contributed by atoms with E-state index >= 15 is 0 Å². The van der Waals surface area contributed by atoms with Gasteiger partial charge in [0.25, 0.3) is 0 Å². The molecule has 1 saturated carbocycles. The quantitative estimate of drug-likeness (QED) is 0.194. The minimum atomic E-state index is -2.85. The highest BCUT2D eigenvalue weighted by atomic mass is 16.4. The predicted octanol–water partition coefficient (Wildman–Crippen LogP) is 1.03. The van der Waals surface area contributed by atoms with Gasteiger partial charge in [0.1, 0.15) is 22.8 Å². The molecule has 0 saturated heterocycles. The Bertz CT molecular complexity index is 1190. The first-order valence-electron chi connectivity index (χ1n) is 9.90. The van der Waals surface area contributed by atoms with E-state index in [1.807, 2.05) is 0 Å². The van der Waals surface area contributed by atoms with E-state index in [1.165, 1.54) is 6.07 Å². The summed E-state index contributed by atoms with van der Waals surface area (Å²) in [6, 6.07) is 3.03. The van der Waals surface area contributed by atoms with Crippen LogP contribution < -0.4 is 4.90 Å². The molecule has 0 spiro atoms. The zero-order chi connectivity index (χ0) is 23.7. The van der Waals surface area contributed by atoms with Crippen LogP contribution >= 0.6 is 0 Å². The van der Waals surface area contributed by atoms with Gasteiger partial charge in [-0.05, 0) is 43.4 Å². The standard InChI is InChI=1S/C22H22N2O8/c1-8(25)14-19(28)17(23-32)11-7-9-6-10-12(24(2)3)4-5-13(26)16(10)18(27)15(9)21(30)22(11,31)20(14)29/h4-5,9,11,26-28,31-32H,6-7H2,1-3H3/b23-17-/t9?,11?,22-/m1/s1. The zero-order valence-electron chi connectivity index (χ0n) is 17.6. The molecule has 0 amide bonds. The van der Waals surface area contributed by atoms with Gasteiger partial charge in [-0.1, -0.05) is 5.16 Å². The van der Waals surface area contributed by atoms with Gasteiger partial charge in [0.2, 0.25) is 11.6 Å². The number of anilines is 1. The van der Waals surface area contributed by atoms with Crippen molar-refractivity contribution < 1.29 is 40.0 Å². The van der Waals surface area contributed by atoms with Crippen LogP contribution in [0.1, 0.15) is 24.5 Å². The molecular formula is C22H22N2O8. The summed E-state index contributed by atoms with van der Waals surface area (Å²) in [6.45, 7) is 0.965. The van der Waals surface area contributed by atoms with Crippen LogP contribution in [0.4, 0.5) is 5.69 Å². The van der Waals surface area contributed by atoms with Crippen LogP contribution in [-0.2, 0) is 20.8 Å². The van der Waals surface area contributed by atoms with Crippen molar-refractivity contribution in [3.05, 3.63) is 40.2 Å². The molecule has 10 nitrogen and oxygen atoms in total. The number of phenols is 1. The Labute approximate surface area is 182 Å². The molecule has 4 rings (SSSR count). The van der Waals surface area contributed by atoms with Crippen LogP contribution in [0.25, 0.3) is 5.76 Å². The van der Waals surface area contributed by atoms with Crippen LogP contribution in [0, 0.1) is 11.8 Å². The summed E-state index contributed by atoms with van der Waals surface area (Å²) in [4.78, 5) is 40.3. The normalized spacial score (nSPS) is 28.4. The number of phenolic OH excluding ortho intramolecular Hbond substituents is 1. The molecule has 1 aromatic carbocycles. The molecular weight excluding hydrogens is 420 g/mol. The van der Waals surface area contributed by atoms with Gasteiger partial charge in [-0.3, -0.25) is 14.4 Å². The number of rotatable bonds is 2. The lowest BCUT2D eigenvalue weighted by atomic mass is 9.58. The second kappa shape index (κ2) is 6.92. The monoisotopic (exact) mass is 442 g/mol. The predicted molar refractivity (Wildman–Crippen MR) is 112 cm³/mol. The molecule has 0 aliphatic heterocycles. The largest absolute Gasteiger partial charge is 0.507 e. The third-order valence-electron chi connectivity index (χ3n) is 6.56. The molecule has 0 radical (unpaired) electrons. The molecule has 2 unspecified atom stereocenters. The van der Waals surface area contributed by atoms with Gasteiger partial charge in [0.15, 0.2) is 17.1 Å². The van der Waals surface area contributed by atoms with Crippen LogP contribution in [0.3, 0.4) is 0 Å². The Kier molecular flexibility index (Phi) is 4.67. The van der Waals surface area contributed by atoms with Crippen LogP contribution in [0.15, 0.2) is 34.2 Å². The first-order valence-corrected chi connectivity index (χ1v) is 9.90. The summed E-state index contributed by atoms with van der Waals surface area (Å²) in [5.41, 5.74) is -3.21. The van der Waals surface area contributed by atoms with Gasteiger partial charge in [-0.2, -0.15) is 0 Å². The van der Waals surface area contributed by atoms with Crippen molar-refractivity contribution in [3.63, 3.8) is 0 Å². The second-order valence-electron chi connectivity index (χ2n) is 8.49. The summed E-state index contributed by atoms with van der Waals surface area (Å²) in [5.74, 6) is -7.26. The number of hydrogen-bond donors (Lipinski definition) is 5. The van der Waals surface area contributed by atoms with Crippen molar-refractivity contribution >= 4 is 34.5 Å². The third kappa shape index (κ3) is 2.56. The molecule has 3 atom stereocenters. The molecule has 5 N–H and O–H groups in total. The topological polar surface area (TPSA) is 168 Å². The van der Waals surface area contributed by atoms with Crippen LogP contribution in [0.2, 0.25) is 0 Å². The number of fused-ring (bicyclic) bond motifs is 3. The van der Waals surface area contributed by atoms with Gasteiger partial charge < -0.3 is 30.5 Å². The minimum absolute atomic E-state index is 0.0299. The highest BCUT2D eigenvalue weighted by molar-refractivity contribution is 6.38. The van der Waals surface area contributed by atoms with E-state index in [1.54, 1.807) is 25.1 Å². The van der Waals surface area contributed by atoms with Crippen molar-refractivity contribution in [1.82, 2.24) is 0 Å². The van der Waals surface area contributed by atoms with Crippen molar-refractivity contribution in [2.24, 2.45) is 17.0 Å². The maximum atomic E-state index is 13.5. The van der Waals surface area contributed by atoms with E-state index in [0.29, 0.717) is 11.3 Å². The molecule has 3 aliphatic rings. The van der Waals surface area contributed by atoms with Crippen LogP contribution in [-0.4, -0.2) is 68.4 Å². The summed E-state index contributed by atoms with van der Waals surface area (Å²) in [5, 5.41) is 55.6. The van der Waals surface area contributed by atoms with Crippen molar-refractivity contribution in [3.8, 4) is 5.75 Å². The molecule has 0 bridgehead atoms. The van der Waals surface area contributed by atoms with Crippen molar-refractivity contribution in [2.45, 2.75) is 25.4 Å². The number of carbonyl (C=O) groups excluding carboxylic acids is 3. The van der Waals surface area contributed by atoms with Gasteiger partial charge in [0, 0.05) is 25.4 Å². The lowest BCUT2D eigenvalue weighted by molar-refractivity contribution is -0.153. The number of carbonyl (C=O) groups is 3. The number of oxime groups is 1. The summed E-state index contributed by atoms with van der Waals surface area (Å²) in [7, 11) is 3.55. The van der Waals surface area contributed by atoms with E-state index in [2.05, 4.69) is 5.16 Å². The Morgan fingerprint density at radius 2 is 1.78 bits per heavy atom. The Balaban J connectivity index is 1.98. The lowest BCUT2D eigenvalue weighted by Crippen LogP contribution is -2.63. The molecule has 10 heteroatoms. The first kappa shape index (κ1) is 21.6. The fourth-order valence-electron chi connectivity index (χ4n) is 5.11. The van der Waals surface area contributed by atoms with E-state index in [4.69, 9.17) is 0 Å². The van der Waals surface area contributed by atoms with Gasteiger partial charge in [-0.25, -0.2) is 0 Å². The second-order valence-corrected chi connectivity index (χ2v) is 8.49. The summed E-state index contributed by atoms with van der Waals surface area (Å²) >= 11 is 0. The number of allylic oxidation sites excluding steroid dienone is 1. The van der Waals surface area contributed by atoms with E-state index in [-0.39, 0.29) is 29.7 Å². The third-order valence-corrected chi connectivity index (χ3v) is 6.56. The summed E-state index contributed by atoms with van der Waals surface area (Å²) < 4.78 is 0. The lowest BCUT2D eigenvalue weighted by Gasteiger charge is -2.45. The molecule has 32 heavy (non-hydrogen) atoms.